The molecular formula is C16H27N5. The summed E-state index contributed by atoms with van der Waals surface area (Å²) < 4.78 is 0. The number of nitrogens with zero attached hydrogens (tertiary/aromatic N) is 4. The molecule has 0 spiro atoms. The van der Waals surface area contributed by atoms with Crippen LogP contribution in [0.1, 0.15) is 57.3 Å². The molecular weight excluding hydrogens is 262 g/mol. The van der Waals surface area contributed by atoms with Crippen molar-refractivity contribution in [3.8, 4) is 0 Å². The van der Waals surface area contributed by atoms with Crippen LogP contribution in [-0.4, -0.2) is 45.3 Å². The highest BCUT2D eigenvalue weighted by Gasteiger charge is 2.36. The third-order valence-corrected chi connectivity index (χ3v) is 5.18. The van der Waals surface area contributed by atoms with E-state index in [0.29, 0.717) is 6.04 Å². The van der Waals surface area contributed by atoms with Crippen LogP contribution in [0.4, 0.5) is 5.95 Å². The Balaban J connectivity index is 1.69. The number of hydrogen-bond acceptors (Lipinski definition) is 5. The second-order valence-electron chi connectivity index (χ2n) is 6.45. The lowest BCUT2D eigenvalue weighted by molar-refractivity contribution is 0.0607. The van der Waals surface area contributed by atoms with Crippen molar-refractivity contribution in [2.45, 2.75) is 76.9 Å². The van der Waals surface area contributed by atoms with Crippen LogP contribution in [0.15, 0.2) is 0 Å². The van der Waals surface area contributed by atoms with E-state index in [2.05, 4.69) is 46.3 Å². The fraction of sp³-hybridized carbons (Fsp3) is 0.812. The Morgan fingerprint density at radius 2 is 1.71 bits per heavy atom. The largest absolute Gasteiger partial charge is 0.350 e. The van der Waals surface area contributed by atoms with E-state index in [1.165, 1.54) is 32.1 Å². The molecule has 0 saturated carbocycles. The first kappa shape index (κ1) is 14.7. The molecule has 2 bridgehead atoms. The van der Waals surface area contributed by atoms with E-state index in [-0.39, 0.29) is 0 Å². The molecule has 3 rings (SSSR count). The molecule has 0 amide bonds. The molecule has 21 heavy (non-hydrogen) atoms. The number of nitrogens with one attached hydrogen (secondary N) is 1. The predicted octanol–water partition coefficient (Wildman–Crippen LogP) is 2.42. The van der Waals surface area contributed by atoms with Gasteiger partial charge in [-0.05, 0) is 45.6 Å². The zero-order valence-electron chi connectivity index (χ0n) is 13.5. The quantitative estimate of drug-likeness (QED) is 0.922. The van der Waals surface area contributed by atoms with Gasteiger partial charge in [-0.2, -0.15) is 5.10 Å². The van der Waals surface area contributed by atoms with Crippen molar-refractivity contribution in [2.24, 2.45) is 0 Å². The van der Waals surface area contributed by atoms with Crippen LogP contribution in [0.25, 0.3) is 0 Å². The minimum Gasteiger partial charge on any atom is -0.350 e. The average Bonchev–Trinajstić information content (AvgIpc) is 2.48. The first-order valence-corrected chi connectivity index (χ1v) is 8.42. The molecule has 0 aliphatic carbocycles. The summed E-state index contributed by atoms with van der Waals surface area (Å²) in [6, 6.07) is 1.95. The van der Waals surface area contributed by atoms with Crippen LogP contribution in [0.2, 0.25) is 0 Å². The molecule has 0 aromatic carbocycles. The molecule has 0 radical (unpaired) electrons. The van der Waals surface area contributed by atoms with Gasteiger partial charge in [0.15, 0.2) is 0 Å². The highest BCUT2D eigenvalue weighted by Crippen LogP contribution is 2.33. The van der Waals surface area contributed by atoms with Gasteiger partial charge < -0.3 is 10.2 Å². The molecule has 2 fully saturated rings. The van der Waals surface area contributed by atoms with Gasteiger partial charge in [0.2, 0.25) is 5.95 Å². The lowest BCUT2D eigenvalue weighted by atomic mass is 9.82. The van der Waals surface area contributed by atoms with Gasteiger partial charge in [-0.15, -0.1) is 5.10 Å². The molecule has 5 nitrogen and oxygen atoms in total. The van der Waals surface area contributed by atoms with Crippen LogP contribution < -0.4 is 5.32 Å². The van der Waals surface area contributed by atoms with Gasteiger partial charge in [-0.3, -0.25) is 0 Å². The van der Waals surface area contributed by atoms with Gasteiger partial charge in [-0.25, -0.2) is 4.98 Å². The van der Waals surface area contributed by atoms with Crippen molar-refractivity contribution in [1.82, 2.24) is 20.1 Å². The van der Waals surface area contributed by atoms with Crippen molar-refractivity contribution in [1.29, 1.82) is 0 Å². The first-order chi connectivity index (χ1) is 10.2. The normalized spacial score (nSPS) is 29.4. The fourth-order valence-corrected chi connectivity index (χ4v) is 3.92. The summed E-state index contributed by atoms with van der Waals surface area (Å²) in [7, 11) is 2.29. The summed E-state index contributed by atoms with van der Waals surface area (Å²) >= 11 is 0. The Hall–Kier alpha value is -1.23. The van der Waals surface area contributed by atoms with E-state index in [1.807, 2.05) is 0 Å². The molecule has 2 aliphatic rings. The first-order valence-electron chi connectivity index (χ1n) is 8.42. The van der Waals surface area contributed by atoms with Crippen LogP contribution in [0.3, 0.4) is 0 Å². The van der Waals surface area contributed by atoms with Crippen molar-refractivity contribution >= 4 is 5.95 Å². The maximum Gasteiger partial charge on any atom is 0.243 e. The second-order valence-corrected chi connectivity index (χ2v) is 6.45. The molecule has 1 N–H and O–H groups in total. The molecule has 3 heterocycles. The molecule has 2 aliphatic heterocycles. The average molecular weight is 289 g/mol. The topological polar surface area (TPSA) is 53.9 Å². The lowest BCUT2D eigenvalue weighted by Gasteiger charge is -2.47. The number of rotatable bonds is 4. The number of aromatic nitrogens is 3. The summed E-state index contributed by atoms with van der Waals surface area (Å²) in [4.78, 5) is 7.25. The second kappa shape index (κ2) is 6.26. The molecule has 5 heteroatoms. The number of fused-ring (bicyclic) bond motifs is 2. The summed E-state index contributed by atoms with van der Waals surface area (Å²) in [6.07, 6.45) is 8.28. The Morgan fingerprint density at radius 1 is 1.05 bits per heavy atom. The molecule has 1 aromatic rings. The fourth-order valence-electron chi connectivity index (χ4n) is 3.92. The summed E-state index contributed by atoms with van der Waals surface area (Å²) in [6.45, 7) is 4.24. The molecule has 2 atom stereocenters. The van der Waals surface area contributed by atoms with Crippen LogP contribution >= 0.6 is 0 Å². The Morgan fingerprint density at radius 3 is 2.33 bits per heavy atom. The minimum atomic E-state index is 0.496. The van der Waals surface area contributed by atoms with Gasteiger partial charge in [-0.1, -0.05) is 20.3 Å². The van der Waals surface area contributed by atoms with Gasteiger partial charge in [0, 0.05) is 18.1 Å². The van der Waals surface area contributed by atoms with E-state index in [0.717, 1.165) is 42.3 Å². The standard InChI is InChI=1S/C16H27N5/c1-4-14-15(5-2)19-20-16(18-14)17-11-9-12-7-6-8-13(10-11)21(12)3/h11-13H,4-10H2,1-3H3,(H,17,18,20). The third kappa shape index (κ3) is 3.03. The highest BCUT2D eigenvalue weighted by atomic mass is 15.3. The Kier molecular flexibility index (Phi) is 4.38. The monoisotopic (exact) mass is 289 g/mol. The van der Waals surface area contributed by atoms with Crippen molar-refractivity contribution in [2.75, 3.05) is 12.4 Å². The van der Waals surface area contributed by atoms with Crippen molar-refractivity contribution < 1.29 is 0 Å². The van der Waals surface area contributed by atoms with E-state index in [4.69, 9.17) is 0 Å². The molecule has 1 aromatic heterocycles. The zero-order chi connectivity index (χ0) is 14.8. The maximum absolute atomic E-state index is 4.67. The van der Waals surface area contributed by atoms with Crippen LogP contribution in [0.5, 0.6) is 0 Å². The summed E-state index contributed by atoms with van der Waals surface area (Å²) in [5, 5.41) is 12.2. The number of aryl methyl sites for hydroxylation is 2. The molecule has 2 unspecified atom stereocenters. The summed E-state index contributed by atoms with van der Waals surface area (Å²) in [5.74, 6) is 0.719. The molecule has 116 valence electrons. The molecule has 2 saturated heterocycles. The smallest absolute Gasteiger partial charge is 0.243 e. The Bertz CT molecular complexity index is 476. The van der Waals surface area contributed by atoms with E-state index < -0.39 is 0 Å². The van der Waals surface area contributed by atoms with Gasteiger partial charge in [0.1, 0.15) is 0 Å². The zero-order valence-corrected chi connectivity index (χ0v) is 13.5. The summed E-state index contributed by atoms with van der Waals surface area (Å²) in [5.41, 5.74) is 2.12. The minimum absolute atomic E-state index is 0.496. The predicted molar refractivity (Wildman–Crippen MR) is 84.4 cm³/mol. The van der Waals surface area contributed by atoms with Crippen molar-refractivity contribution in [3.63, 3.8) is 0 Å². The van der Waals surface area contributed by atoms with Crippen molar-refractivity contribution in [3.05, 3.63) is 11.4 Å². The number of piperidine rings is 2. The van der Waals surface area contributed by atoms with Gasteiger partial charge in [0.05, 0.1) is 11.4 Å². The third-order valence-electron chi connectivity index (χ3n) is 5.18. The highest BCUT2D eigenvalue weighted by molar-refractivity contribution is 5.28. The van der Waals surface area contributed by atoms with Gasteiger partial charge in [0.25, 0.3) is 0 Å². The number of anilines is 1. The van der Waals surface area contributed by atoms with Crippen LogP contribution in [0, 0.1) is 0 Å². The SMILES string of the molecule is CCc1nnc(NC2CC3CCCC(C2)N3C)nc1CC. The van der Waals surface area contributed by atoms with E-state index in [9.17, 15) is 0 Å². The lowest BCUT2D eigenvalue weighted by Crippen LogP contribution is -2.52. The number of hydrogen-bond donors (Lipinski definition) is 1. The maximum atomic E-state index is 4.67. The van der Waals surface area contributed by atoms with E-state index >= 15 is 0 Å². The van der Waals surface area contributed by atoms with Gasteiger partial charge >= 0.3 is 0 Å². The Labute approximate surface area is 127 Å². The van der Waals surface area contributed by atoms with E-state index in [1.54, 1.807) is 0 Å². The van der Waals surface area contributed by atoms with Crippen LogP contribution in [-0.2, 0) is 12.8 Å².